The number of Topliss-reactive ketones (excluding diaryl/α,β-unsaturated/α-hetero) is 1. The Morgan fingerprint density at radius 2 is 1.27 bits per heavy atom. The lowest BCUT2D eigenvalue weighted by atomic mass is 10.0. The van der Waals surface area contributed by atoms with Crippen molar-refractivity contribution in [1.82, 2.24) is 29.7 Å². The van der Waals surface area contributed by atoms with Gasteiger partial charge in [-0.05, 0) is 78.3 Å². The lowest BCUT2D eigenvalue weighted by molar-refractivity contribution is -0.136. The number of carbonyl (C=O) groups excluding carboxylic acids is 4. The number of nitrogens with zero attached hydrogens (tertiary/aromatic N) is 6. The second-order valence-electron chi connectivity index (χ2n) is 12.1. The van der Waals surface area contributed by atoms with Crippen LogP contribution in [0.2, 0.25) is 0 Å². The Morgan fingerprint density at radius 1 is 0.688 bits per heavy atom. The monoisotopic (exact) mass is 643 g/mol. The normalized spacial score (nSPS) is 17.5. The van der Waals surface area contributed by atoms with Crippen molar-refractivity contribution in [2.45, 2.75) is 57.0 Å². The maximum absolute atomic E-state index is 13.1. The zero-order valence-electron chi connectivity index (χ0n) is 26.6. The van der Waals surface area contributed by atoms with Gasteiger partial charge in [0, 0.05) is 56.0 Å². The zero-order chi connectivity index (χ0) is 33.3. The molecule has 2 fully saturated rings. The third kappa shape index (κ3) is 8.22. The Hall–Kier alpha value is -5.58. The number of aromatic nitrogens is 4. The van der Waals surface area contributed by atoms with Crippen molar-refractivity contribution in [1.29, 1.82) is 0 Å². The van der Waals surface area contributed by atoms with Gasteiger partial charge in [-0.1, -0.05) is 30.4 Å². The van der Waals surface area contributed by atoms with Crippen LogP contribution in [0.5, 0.6) is 0 Å². The van der Waals surface area contributed by atoms with E-state index in [0.717, 1.165) is 35.1 Å². The molecule has 11 heteroatoms. The predicted molar refractivity (Wildman–Crippen MR) is 180 cm³/mol. The van der Waals surface area contributed by atoms with Gasteiger partial charge in [-0.2, -0.15) is 0 Å². The minimum Gasteiger partial charge on any atom is -0.332 e. The SMILES string of the molecule is O=C(Cc1ccc(/C=C/c2ccc(NC(=O)[C@@H]3CCCN3C(=O)Cc3cccnc3)nc2)cn1)[C@@H]1CCCN1C(=O)Cc1cccnc1. The molecular formula is C37H37N7O4. The highest BCUT2D eigenvalue weighted by molar-refractivity contribution is 5.97. The second-order valence-corrected chi connectivity index (χ2v) is 12.1. The molecule has 0 saturated carbocycles. The van der Waals surface area contributed by atoms with Gasteiger partial charge in [-0.3, -0.25) is 34.1 Å². The summed E-state index contributed by atoms with van der Waals surface area (Å²) < 4.78 is 0. The summed E-state index contributed by atoms with van der Waals surface area (Å²) in [6.45, 7) is 1.14. The molecule has 1 N–H and O–H groups in total. The second kappa shape index (κ2) is 15.3. The van der Waals surface area contributed by atoms with E-state index in [1.54, 1.807) is 65.2 Å². The highest BCUT2D eigenvalue weighted by atomic mass is 16.2. The fourth-order valence-corrected chi connectivity index (χ4v) is 6.21. The van der Waals surface area contributed by atoms with E-state index >= 15 is 0 Å². The molecule has 0 radical (unpaired) electrons. The van der Waals surface area contributed by atoms with Crippen LogP contribution in [0.1, 0.15) is 53.6 Å². The Balaban J connectivity index is 0.985. The number of hydrogen-bond acceptors (Lipinski definition) is 8. The van der Waals surface area contributed by atoms with E-state index in [2.05, 4.69) is 25.3 Å². The molecule has 11 nitrogen and oxygen atoms in total. The highest BCUT2D eigenvalue weighted by Gasteiger charge is 2.35. The smallest absolute Gasteiger partial charge is 0.248 e. The number of nitrogens with one attached hydrogen (secondary N) is 1. The lowest BCUT2D eigenvalue weighted by Crippen LogP contribution is -2.43. The third-order valence-electron chi connectivity index (χ3n) is 8.69. The van der Waals surface area contributed by atoms with E-state index in [4.69, 9.17) is 0 Å². The van der Waals surface area contributed by atoms with Crippen LogP contribution in [0.3, 0.4) is 0 Å². The molecule has 2 saturated heterocycles. The number of carbonyl (C=O) groups is 4. The van der Waals surface area contributed by atoms with Gasteiger partial charge in [-0.15, -0.1) is 0 Å². The summed E-state index contributed by atoms with van der Waals surface area (Å²) in [6, 6.07) is 13.7. The fraction of sp³-hybridized carbons (Fsp3) is 0.297. The fourth-order valence-electron chi connectivity index (χ4n) is 6.21. The lowest BCUT2D eigenvalue weighted by Gasteiger charge is -2.24. The van der Waals surface area contributed by atoms with Crippen LogP contribution in [0.15, 0.2) is 85.7 Å². The summed E-state index contributed by atoms with van der Waals surface area (Å²) in [5.41, 5.74) is 4.00. The van der Waals surface area contributed by atoms with Crippen molar-refractivity contribution in [3.8, 4) is 0 Å². The first kappa shape index (κ1) is 32.4. The number of anilines is 1. The van der Waals surface area contributed by atoms with Crippen LogP contribution in [0.4, 0.5) is 5.82 Å². The van der Waals surface area contributed by atoms with Crippen LogP contribution in [-0.2, 0) is 38.4 Å². The number of rotatable bonds is 11. The summed E-state index contributed by atoms with van der Waals surface area (Å²) in [6.07, 6.45) is 17.3. The molecular weight excluding hydrogens is 606 g/mol. The summed E-state index contributed by atoms with van der Waals surface area (Å²) in [4.78, 5) is 72.3. The van der Waals surface area contributed by atoms with Crippen LogP contribution in [0.25, 0.3) is 12.2 Å². The molecule has 2 atom stereocenters. The standard InChI is InChI=1S/C37H37N7O4/c45-33(31-7-3-17-43(31)35(46)19-28-5-1-15-38-22-28)21-30-13-11-26(24-40-30)9-10-27-12-14-34(41-25-27)42-37(48)32-8-4-18-44(32)36(47)20-29-6-2-16-39-23-29/h1-2,5-6,9-16,22-25,31-32H,3-4,7-8,17-21H2,(H,41,42,48)/b10-9+/t31-,32-/m0/s1. The molecule has 4 aromatic rings. The maximum atomic E-state index is 13.1. The first-order valence-corrected chi connectivity index (χ1v) is 16.2. The molecule has 2 aliphatic heterocycles. The number of ketones is 1. The largest absolute Gasteiger partial charge is 0.332 e. The molecule has 4 aromatic heterocycles. The zero-order valence-corrected chi connectivity index (χ0v) is 26.6. The van der Waals surface area contributed by atoms with Gasteiger partial charge in [0.05, 0.1) is 25.3 Å². The van der Waals surface area contributed by atoms with E-state index in [1.807, 2.05) is 42.5 Å². The number of amides is 3. The summed E-state index contributed by atoms with van der Waals surface area (Å²) in [5.74, 6) is 0.0242. The van der Waals surface area contributed by atoms with Gasteiger partial charge in [0.1, 0.15) is 11.9 Å². The highest BCUT2D eigenvalue weighted by Crippen LogP contribution is 2.22. The molecule has 0 spiro atoms. The molecule has 0 aliphatic carbocycles. The predicted octanol–water partition coefficient (Wildman–Crippen LogP) is 3.95. The Kier molecular flexibility index (Phi) is 10.3. The van der Waals surface area contributed by atoms with Crippen molar-refractivity contribution in [2.24, 2.45) is 0 Å². The molecule has 3 amide bonds. The van der Waals surface area contributed by atoms with E-state index in [0.29, 0.717) is 37.4 Å². The van der Waals surface area contributed by atoms with Crippen LogP contribution < -0.4 is 5.32 Å². The van der Waals surface area contributed by atoms with Gasteiger partial charge in [0.15, 0.2) is 5.78 Å². The Bertz CT molecular complexity index is 1630. The molecule has 48 heavy (non-hydrogen) atoms. The first-order chi connectivity index (χ1) is 23.4. The van der Waals surface area contributed by atoms with Gasteiger partial charge in [-0.25, -0.2) is 4.98 Å². The molecule has 244 valence electrons. The molecule has 2 aliphatic rings. The quantitative estimate of drug-likeness (QED) is 0.259. The van der Waals surface area contributed by atoms with Crippen LogP contribution in [-0.4, -0.2) is 78.4 Å². The van der Waals surface area contributed by atoms with Crippen molar-refractivity contribution in [2.75, 3.05) is 18.4 Å². The number of pyridine rings is 4. The summed E-state index contributed by atoms with van der Waals surface area (Å²) in [7, 11) is 0. The van der Waals surface area contributed by atoms with Crippen molar-refractivity contribution < 1.29 is 19.2 Å². The average Bonchev–Trinajstić information content (AvgIpc) is 3.81. The molecule has 0 unspecified atom stereocenters. The van der Waals surface area contributed by atoms with E-state index < -0.39 is 12.1 Å². The Morgan fingerprint density at radius 3 is 1.81 bits per heavy atom. The maximum Gasteiger partial charge on any atom is 0.248 e. The van der Waals surface area contributed by atoms with Gasteiger partial charge in [0.2, 0.25) is 17.7 Å². The van der Waals surface area contributed by atoms with E-state index in [-0.39, 0.29) is 42.8 Å². The average molecular weight is 644 g/mol. The number of likely N-dealkylation sites (tertiary alicyclic amines) is 2. The number of hydrogen-bond donors (Lipinski definition) is 1. The van der Waals surface area contributed by atoms with Gasteiger partial charge < -0.3 is 15.1 Å². The minimum absolute atomic E-state index is 0.00180. The van der Waals surface area contributed by atoms with Crippen molar-refractivity contribution >= 4 is 41.5 Å². The topological polar surface area (TPSA) is 138 Å². The first-order valence-electron chi connectivity index (χ1n) is 16.2. The molecule has 6 heterocycles. The molecule has 0 bridgehead atoms. The van der Waals surface area contributed by atoms with Crippen molar-refractivity contribution in [3.05, 3.63) is 114 Å². The molecule has 0 aromatic carbocycles. The van der Waals surface area contributed by atoms with Gasteiger partial charge >= 0.3 is 0 Å². The summed E-state index contributed by atoms with van der Waals surface area (Å²) in [5, 5.41) is 2.85. The Labute approximate surface area is 279 Å². The van der Waals surface area contributed by atoms with Crippen molar-refractivity contribution in [3.63, 3.8) is 0 Å². The van der Waals surface area contributed by atoms with Gasteiger partial charge in [0.25, 0.3) is 0 Å². The van der Waals surface area contributed by atoms with E-state index in [9.17, 15) is 19.2 Å². The van der Waals surface area contributed by atoms with E-state index in [1.165, 1.54) is 0 Å². The summed E-state index contributed by atoms with van der Waals surface area (Å²) >= 11 is 0. The minimum atomic E-state index is -0.529. The third-order valence-corrected chi connectivity index (χ3v) is 8.69. The van der Waals surface area contributed by atoms with Crippen LogP contribution >= 0.6 is 0 Å². The van der Waals surface area contributed by atoms with Crippen LogP contribution in [0, 0.1) is 0 Å². The molecule has 6 rings (SSSR count).